The number of amides is 1. The summed E-state index contributed by atoms with van der Waals surface area (Å²) in [6.07, 6.45) is 4.56. The second kappa shape index (κ2) is 8.26. The molecule has 2 aromatic heterocycles. The SMILES string of the molecule is COc1ccc(Cl)cc1Nc1ncc(C(=O)NCc2ccccn2)cn1. The molecule has 26 heavy (non-hydrogen) atoms. The first-order valence-corrected chi connectivity index (χ1v) is 8.14. The first-order valence-electron chi connectivity index (χ1n) is 7.76. The molecule has 0 saturated heterocycles. The number of hydrogen-bond acceptors (Lipinski definition) is 6. The van der Waals surface area contributed by atoms with E-state index in [2.05, 4.69) is 25.6 Å². The van der Waals surface area contributed by atoms with Crippen molar-refractivity contribution < 1.29 is 9.53 Å². The minimum Gasteiger partial charge on any atom is -0.495 e. The van der Waals surface area contributed by atoms with Crippen LogP contribution in [0.25, 0.3) is 0 Å². The van der Waals surface area contributed by atoms with Crippen LogP contribution in [0, 0.1) is 0 Å². The average Bonchev–Trinajstić information content (AvgIpc) is 2.68. The van der Waals surface area contributed by atoms with Gasteiger partial charge in [0.25, 0.3) is 5.91 Å². The molecule has 0 aliphatic heterocycles. The molecular formula is C18H16ClN5O2. The molecule has 132 valence electrons. The number of benzene rings is 1. The maximum absolute atomic E-state index is 12.2. The van der Waals surface area contributed by atoms with Gasteiger partial charge < -0.3 is 15.4 Å². The number of nitrogens with zero attached hydrogens (tertiary/aromatic N) is 3. The van der Waals surface area contributed by atoms with Crippen LogP contribution >= 0.6 is 11.6 Å². The number of methoxy groups -OCH3 is 1. The molecule has 0 saturated carbocycles. The summed E-state index contributed by atoms with van der Waals surface area (Å²) in [5.74, 6) is 0.657. The van der Waals surface area contributed by atoms with Crippen molar-refractivity contribution in [2.75, 3.05) is 12.4 Å². The number of aromatic nitrogens is 3. The van der Waals surface area contributed by atoms with Gasteiger partial charge in [-0.3, -0.25) is 9.78 Å². The van der Waals surface area contributed by atoms with E-state index >= 15 is 0 Å². The largest absolute Gasteiger partial charge is 0.495 e. The van der Waals surface area contributed by atoms with E-state index in [1.165, 1.54) is 12.4 Å². The van der Waals surface area contributed by atoms with E-state index in [0.717, 1.165) is 5.69 Å². The molecule has 0 bridgehead atoms. The molecule has 2 heterocycles. The fourth-order valence-corrected chi connectivity index (χ4v) is 2.36. The summed E-state index contributed by atoms with van der Waals surface area (Å²) in [7, 11) is 1.56. The van der Waals surface area contributed by atoms with Gasteiger partial charge in [0.2, 0.25) is 5.95 Å². The Morgan fingerprint density at radius 1 is 1.15 bits per heavy atom. The Morgan fingerprint density at radius 3 is 2.65 bits per heavy atom. The molecule has 1 aromatic carbocycles. The van der Waals surface area contributed by atoms with Crippen molar-refractivity contribution in [3.63, 3.8) is 0 Å². The lowest BCUT2D eigenvalue weighted by Crippen LogP contribution is -2.23. The van der Waals surface area contributed by atoms with Crippen molar-refractivity contribution in [2.24, 2.45) is 0 Å². The smallest absolute Gasteiger partial charge is 0.254 e. The van der Waals surface area contributed by atoms with E-state index in [1.807, 2.05) is 18.2 Å². The summed E-state index contributed by atoms with van der Waals surface area (Å²) in [6, 6.07) is 10.7. The van der Waals surface area contributed by atoms with Gasteiger partial charge in [-0.05, 0) is 30.3 Å². The quantitative estimate of drug-likeness (QED) is 0.693. The zero-order valence-corrected chi connectivity index (χ0v) is 14.7. The van der Waals surface area contributed by atoms with Crippen LogP contribution in [0.4, 0.5) is 11.6 Å². The molecule has 0 unspecified atom stereocenters. The van der Waals surface area contributed by atoms with Gasteiger partial charge in [0.1, 0.15) is 5.75 Å². The molecule has 0 spiro atoms. The second-order valence-electron chi connectivity index (χ2n) is 5.27. The molecule has 0 aliphatic carbocycles. The minimum atomic E-state index is -0.275. The van der Waals surface area contributed by atoms with Crippen molar-refractivity contribution >= 4 is 29.1 Å². The van der Waals surface area contributed by atoms with Gasteiger partial charge in [0.05, 0.1) is 30.6 Å². The van der Waals surface area contributed by atoms with Crippen LogP contribution in [0.2, 0.25) is 5.02 Å². The first kappa shape index (κ1) is 17.6. The summed E-state index contributed by atoms with van der Waals surface area (Å²) < 4.78 is 5.26. The molecule has 2 N–H and O–H groups in total. The van der Waals surface area contributed by atoms with Crippen LogP contribution < -0.4 is 15.4 Å². The lowest BCUT2D eigenvalue weighted by Gasteiger charge is -2.10. The van der Waals surface area contributed by atoms with Crippen LogP contribution in [-0.2, 0) is 6.54 Å². The van der Waals surface area contributed by atoms with Crippen molar-refractivity contribution in [1.29, 1.82) is 0 Å². The third-order valence-corrected chi connectivity index (χ3v) is 3.71. The topological polar surface area (TPSA) is 89.0 Å². The Hall–Kier alpha value is -3.19. The van der Waals surface area contributed by atoms with Gasteiger partial charge in [-0.25, -0.2) is 9.97 Å². The van der Waals surface area contributed by atoms with Crippen LogP contribution in [0.3, 0.4) is 0 Å². The minimum absolute atomic E-state index is 0.275. The molecule has 3 rings (SSSR count). The van der Waals surface area contributed by atoms with E-state index in [9.17, 15) is 4.79 Å². The molecule has 0 aliphatic rings. The number of pyridine rings is 1. The number of anilines is 2. The number of rotatable bonds is 6. The zero-order valence-electron chi connectivity index (χ0n) is 13.9. The highest BCUT2D eigenvalue weighted by atomic mass is 35.5. The third kappa shape index (κ3) is 4.46. The number of hydrogen-bond donors (Lipinski definition) is 2. The lowest BCUT2D eigenvalue weighted by atomic mass is 10.3. The lowest BCUT2D eigenvalue weighted by molar-refractivity contribution is 0.0949. The highest BCUT2D eigenvalue weighted by Gasteiger charge is 2.09. The fourth-order valence-electron chi connectivity index (χ4n) is 2.18. The number of ether oxygens (including phenoxy) is 1. The molecule has 8 heteroatoms. The maximum atomic E-state index is 12.2. The number of nitrogens with one attached hydrogen (secondary N) is 2. The normalized spacial score (nSPS) is 10.2. The summed E-state index contributed by atoms with van der Waals surface area (Å²) in [6.45, 7) is 0.333. The molecule has 0 atom stereocenters. The molecular weight excluding hydrogens is 354 g/mol. The van der Waals surface area contributed by atoms with Gasteiger partial charge in [-0.2, -0.15) is 0 Å². The zero-order chi connectivity index (χ0) is 18.4. The van der Waals surface area contributed by atoms with Crippen LogP contribution in [0.15, 0.2) is 55.0 Å². The third-order valence-electron chi connectivity index (χ3n) is 3.48. The maximum Gasteiger partial charge on any atom is 0.254 e. The summed E-state index contributed by atoms with van der Waals surface area (Å²) in [5.41, 5.74) is 1.75. The second-order valence-corrected chi connectivity index (χ2v) is 5.71. The van der Waals surface area contributed by atoms with E-state index in [0.29, 0.717) is 34.5 Å². The highest BCUT2D eigenvalue weighted by Crippen LogP contribution is 2.29. The van der Waals surface area contributed by atoms with Crippen LogP contribution in [-0.4, -0.2) is 28.0 Å². The molecule has 0 fully saturated rings. The van der Waals surface area contributed by atoms with E-state index < -0.39 is 0 Å². The summed E-state index contributed by atoms with van der Waals surface area (Å²) in [4.78, 5) is 24.6. The van der Waals surface area contributed by atoms with Gasteiger partial charge in [0, 0.05) is 23.6 Å². The van der Waals surface area contributed by atoms with Crippen molar-refractivity contribution in [2.45, 2.75) is 6.54 Å². The van der Waals surface area contributed by atoms with Crippen molar-refractivity contribution in [3.8, 4) is 5.75 Å². The van der Waals surface area contributed by atoms with Crippen LogP contribution in [0.5, 0.6) is 5.75 Å². The Bertz CT molecular complexity index is 888. The molecule has 1 amide bonds. The predicted octanol–water partition coefficient (Wildman–Crippen LogP) is 3.21. The monoisotopic (exact) mass is 369 g/mol. The predicted molar refractivity (Wildman–Crippen MR) is 98.7 cm³/mol. The Morgan fingerprint density at radius 2 is 1.96 bits per heavy atom. The van der Waals surface area contributed by atoms with Gasteiger partial charge in [-0.15, -0.1) is 0 Å². The first-order chi connectivity index (χ1) is 12.7. The molecule has 0 radical (unpaired) electrons. The Labute approximate surface area is 155 Å². The molecule has 7 nitrogen and oxygen atoms in total. The standard InChI is InChI=1S/C18H16ClN5O2/c1-26-16-6-5-13(19)8-15(16)24-18-22-9-12(10-23-18)17(25)21-11-14-4-2-3-7-20-14/h2-10H,11H2,1H3,(H,21,25)(H,22,23,24). The molecule has 3 aromatic rings. The fraction of sp³-hybridized carbons (Fsp3) is 0.111. The van der Waals surface area contributed by atoms with E-state index in [-0.39, 0.29) is 5.91 Å². The van der Waals surface area contributed by atoms with Crippen molar-refractivity contribution in [3.05, 3.63) is 71.3 Å². The van der Waals surface area contributed by atoms with Gasteiger partial charge in [-0.1, -0.05) is 17.7 Å². The average molecular weight is 370 g/mol. The van der Waals surface area contributed by atoms with Crippen molar-refractivity contribution in [1.82, 2.24) is 20.3 Å². The summed E-state index contributed by atoms with van der Waals surface area (Å²) >= 11 is 6.00. The highest BCUT2D eigenvalue weighted by molar-refractivity contribution is 6.31. The van der Waals surface area contributed by atoms with E-state index in [4.69, 9.17) is 16.3 Å². The Kier molecular flexibility index (Phi) is 5.60. The van der Waals surface area contributed by atoms with E-state index in [1.54, 1.807) is 31.5 Å². The van der Waals surface area contributed by atoms with Crippen LogP contribution in [0.1, 0.15) is 16.1 Å². The van der Waals surface area contributed by atoms with Gasteiger partial charge >= 0.3 is 0 Å². The Balaban J connectivity index is 1.65. The number of halogens is 1. The summed E-state index contributed by atoms with van der Waals surface area (Å²) in [5, 5.41) is 6.34. The van der Waals surface area contributed by atoms with Gasteiger partial charge in [0.15, 0.2) is 0 Å². The number of carbonyl (C=O) groups is 1. The number of carbonyl (C=O) groups excluding carboxylic acids is 1.